The highest BCUT2D eigenvalue weighted by atomic mass is 35.5. The van der Waals surface area contributed by atoms with E-state index in [1.165, 1.54) is 6.92 Å². The molecule has 0 amide bonds. The molecule has 0 aromatic carbocycles. The number of aliphatic carboxylic acids is 1. The van der Waals surface area contributed by atoms with Gasteiger partial charge in [-0.05, 0) is 6.92 Å². The van der Waals surface area contributed by atoms with Crippen molar-refractivity contribution in [1.29, 1.82) is 0 Å². The Labute approximate surface area is 115 Å². The minimum absolute atomic E-state index is 0.191. The average Bonchev–Trinajstić information content (AvgIpc) is 2.02. The number of halogens is 4. The first-order valence-electron chi connectivity index (χ1n) is 4.06. The van der Waals surface area contributed by atoms with Crippen molar-refractivity contribution in [3.8, 4) is 0 Å². The van der Waals surface area contributed by atoms with Crippen molar-refractivity contribution >= 4 is 58.3 Å². The van der Waals surface area contributed by atoms with E-state index in [1.54, 1.807) is 6.92 Å². The molecule has 98 valence electrons. The first kappa shape index (κ1) is 21.4. The summed E-state index contributed by atoms with van der Waals surface area (Å²) < 4.78 is 4.40. The van der Waals surface area contributed by atoms with Crippen LogP contribution in [-0.2, 0) is 14.3 Å². The van der Waals surface area contributed by atoms with E-state index >= 15 is 0 Å². The highest BCUT2D eigenvalue weighted by molar-refractivity contribution is 6.45. The van der Waals surface area contributed by atoms with Gasteiger partial charge in [-0.15, -0.1) is 46.4 Å². The Hall–Kier alpha value is 0.1000. The van der Waals surface area contributed by atoms with Crippen molar-refractivity contribution < 1.29 is 19.4 Å². The Morgan fingerprint density at radius 1 is 1.31 bits per heavy atom. The summed E-state index contributed by atoms with van der Waals surface area (Å²) in [6, 6.07) is 0. The van der Waals surface area contributed by atoms with Crippen LogP contribution >= 0.6 is 46.4 Å². The van der Waals surface area contributed by atoms with Gasteiger partial charge in [0.05, 0.1) is 18.4 Å². The van der Waals surface area contributed by atoms with Gasteiger partial charge in [0.25, 0.3) is 0 Å². The van der Waals surface area contributed by atoms with Gasteiger partial charge in [-0.25, -0.2) is 0 Å². The Kier molecular flexibility index (Phi) is 23.4. The predicted molar refractivity (Wildman–Crippen MR) is 66.6 cm³/mol. The van der Waals surface area contributed by atoms with Crippen LogP contribution in [0, 0.1) is 0 Å². The number of hydrogen-bond donors (Lipinski definition) is 1. The van der Waals surface area contributed by atoms with Crippen LogP contribution in [0.5, 0.6) is 0 Å². The maximum absolute atomic E-state index is 9.82. The topological polar surface area (TPSA) is 63.6 Å². The zero-order valence-corrected chi connectivity index (χ0v) is 11.9. The molecule has 0 heterocycles. The molecule has 16 heavy (non-hydrogen) atoms. The molecule has 0 unspecified atom stereocenters. The second-order valence-electron chi connectivity index (χ2n) is 2.01. The lowest BCUT2D eigenvalue weighted by Gasteiger charge is -1.89. The number of hydrogen-bond acceptors (Lipinski definition) is 3. The van der Waals surface area contributed by atoms with Crippen molar-refractivity contribution in [2.45, 2.75) is 25.1 Å². The van der Waals surface area contributed by atoms with Crippen molar-refractivity contribution in [2.24, 2.45) is 0 Å². The van der Waals surface area contributed by atoms with Gasteiger partial charge in [-0.2, -0.15) is 0 Å². The number of rotatable bonds is 3. The average molecular weight is 316 g/mol. The molecule has 0 aromatic rings. The summed E-state index contributed by atoms with van der Waals surface area (Å²) in [5.74, 6) is -1.19. The second-order valence-corrected chi connectivity index (χ2v) is 4.10. The molecule has 0 aliphatic heterocycles. The van der Waals surface area contributed by atoms with Crippen LogP contribution in [0.25, 0.3) is 0 Å². The fourth-order valence-electron chi connectivity index (χ4n) is 0.335. The SMILES string of the molecule is CCOC(C)=O.ClCCl.O=C(O)CC(Cl)Cl. The molecule has 4 nitrogen and oxygen atoms in total. The molecule has 0 aromatic heterocycles. The molecule has 0 aliphatic carbocycles. The highest BCUT2D eigenvalue weighted by Gasteiger charge is 2.03. The maximum atomic E-state index is 9.82. The molecular weight excluding hydrogens is 302 g/mol. The minimum Gasteiger partial charge on any atom is -0.481 e. The molecule has 0 fully saturated rings. The second kappa shape index (κ2) is 17.5. The van der Waals surface area contributed by atoms with Gasteiger partial charge in [-0.3, -0.25) is 9.59 Å². The molecule has 0 rings (SSSR count). The minimum atomic E-state index is -0.977. The van der Waals surface area contributed by atoms with Gasteiger partial charge in [-0.1, -0.05) is 0 Å². The van der Waals surface area contributed by atoms with Crippen LogP contribution in [0.15, 0.2) is 0 Å². The molecule has 0 radical (unpaired) electrons. The lowest BCUT2D eigenvalue weighted by Crippen LogP contribution is -1.99. The third kappa shape index (κ3) is 48.0. The van der Waals surface area contributed by atoms with Crippen molar-refractivity contribution in [3.05, 3.63) is 0 Å². The molecule has 0 bridgehead atoms. The van der Waals surface area contributed by atoms with E-state index in [0.29, 0.717) is 6.61 Å². The van der Waals surface area contributed by atoms with Crippen molar-refractivity contribution in [3.63, 3.8) is 0 Å². The van der Waals surface area contributed by atoms with Gasteiger partial charge in [0.1, 0.15) is 4.84 Å². The largest absolute Gasteiger partial charge is 0.481 e. The zero-order valence-electron chi connectivity index (χ0n) is 8.88. The zero-order chi connectivity index (χ0) is 13.6. The maximum Gasteiger partial charge on any atom is 0.306 e. The molecule has 0 spiro atoms. The Bertz CT molecular complexity index is 175. The summed E-state index contributed by atoms with van der Waals surface area (Å²) in [5.41, 5.74) is 0. The van der Waals surface area contributed by atoms with E-state index in [4.69, 9.17) is 51.5 Å². The van der Waals surface area contributed by atoms with Crippen LogP contribution in [-0.4, -0.2) is 33.8 Å². The summed E-state index contributed by atoms with van der Waals surface area (Å²) in [5, 5.41) is 8.11. The van der Waals surface area contributed by atoms with Gasteiger partial charge in [0.2, 0.25) is 0 Å². The van der Waals surface area contributed by atoms with Gasteiger partial charge in [0.15, 0.2) is 0 Å². The third-order valence-electron chi connectivity index (χ3n) is 0.677. The normalized spacial score (nSPS) is 8.19. The molecule has 0 saturated carbocycles. The molecule has 1 N–H and O–H groups in total. The van der Waals surface area contributed by atoms with E-state index in [2.05, 4.69) is 4.74 Å². The summed E-state index contributed by atoms with van der Waals surface area (Å²) in [6.07, 6.45) is -0.191. The van der Waals surface area contributed by atoms with E-state index < -0.39 is 10.8 Å². The van der Waals surface area contributed by atoms with E-state index in [0.717, 1.165) is 0 Å². The molecule has 8 heteroatoms. The lowest BCUT2D eigenvalue weighted by molar-refractivity contribution is -0.140. The van der Waals surface area contributed by atoms with Crippen molar-refractivity contribution in [1.82, 2.24) is 0 Å². The summed E-state index contributed by atoms with van der Waals surface area (Å²) in [6.45, 7) is 3.65. The Balaban J connectivity index is -0.000000172. The first-order chi connectivity index (χ1) is 7.31. The smallest absolute Gasteiger partial charge is 0.306 e. The standard InChI is InChI=1S/C4H8O2.C3H4Cl2O2.CH2Cl2/c1-3-6-4(2)5;4-2(5)1-3(6)7;2-1-3/h3H2,1-2H3;2H,1H2,(H,6,7);1H2. The van der Waals surface area contributed by atoms with E-state index in [-0.39, 0.29) is 17.7 Å². The monoisotopic (exact) mass is 314 g/mol. The van der Waals surface area contributed by atoms with Crippen LogP contribution < -0.4 is 0 Å². The number of carboxylic acids is 1. The molecule has 0 saturated heterocycles. The first-order valence-corrected chi connectivity index (χ1v) is 6.01. The van der Waals surface area contributed by atoms with Crippen LogP contribution in [0.2, 0.25) is 0 Å². The van der Waals surface area contributed by atoms with E-state index in [9.17, 15) is 9.59 Å². The number of carbonyl (C=O) groups is 2. The Morgan fingerprint density at radius 3 is 1.69 bits per heavy atom. The summed E-state index contributed by atoms with van der Waals surface area (Å²) >= 11 is 19.6. The lowest BCUT2D eigenvalue weighted by atomic mass is 10.5. The third-order valence-corrected chi connectivity index (χ3v) is 0.985. The number of esters is 1. The summed E-state index contributed by atoms with van der Waals surface area (Å²) in [4.78, 5) is 18.7. The molecule has 0 aliphatic rings. The molecular formula is C8H14Cl4O4. The van der Waals surface area contributed by atoms with Gasteiger partial charge >= 0.3 is 11.9 Å². The van der Waals surface area contributed by atoms with Gasteiger partial charge in [0, 0.05) is 6.92 Å². The number of ether oxygens (including phenoxy) is 1. The fraction of sp³-hybridized carbons (Fsp3) is 0.750. The van der Waals surface area contributed by atoms with Crippen LogP contribution in [0.3, 0.4) is 0 Å². The van der Waals surface area contributed by atoms with E-state index in [1.807, 2.05) is 0 Å². The number of carbonyl (C=O) groups excluding carboxylic acids is 1. The Morgan fingerprint density at radius 2 is 1.69 bits per heavy atom. The fourth-order valence-corrected chi connectivity index (χ4v) is 0.599. The van der Waals surface area contributed by atoms with Crippen LogP contribution in [0.4, 0.5) is 0 Å². The van der Waals surface area contributed by atoms with Gasteiger partial charge < -0.3 is 9.84 Å². The number of carboxylic acid groups (broad SMARTS) is 1. The number of alkyl halides is 4. The molecule has 0 atom stereocenters. The predicted octanol–water partition coefficient (Wildman–Crippen LogP) is 3.26. The van der Waals surface area contributed by atoms with Crippen LogP contribution in [0.1, 0.15) is 20.3 Å². The highest BCUT2D eigenvalue weighted by Crippen LogP contribution is 2.05. The quantitative estimate of drug-likeness (QED) is 0.641. The van der Waals surface area contributed by atoms with Crippen molar-refractivity contribution in [2.75, 3.05) is 11.9 Å². The summed E-state index contributed by atoms with van der Waals surface area (Å²) in [7, 11) is 0.